The van der Waals surface area contributed by atoms with Crippen molar-refractivity contribution in [2.45, 2.75) is 26.2 Å². The highest BCUT2D eigenvalue weighted by Crippen LogP contribution is 2.18. The second-order valence-electron chi connectivity index (χ2n) is 5.76. The monoisotopic (exact) mass is 284 g/mol. The molecule has 0 spiro atoms. The molecule has 0 fully saturated rings. The maximum atomic E-state index is 13.4. The summed E-state index contributed by atoms with van der Waals surface area (Å²) in [6.45, 7) is 6.07. The van der Waals surface area contributed by atoms with Gasteiger partial charge in [0.25, 0.3) is 0 Å². The fraction of sp³-hybridized carbons (Fsp3) is 0.235. The minimum Gasteiger partial charge on any atom is -0.287 e. The van der Waals surface area contributed by atoms with Crippen molar-refractivity contribution in [3.8, 4) is 0 Å². The lowest BCUT2D eigenvalue weighted by molar-refractivity contribution is 0.104. The van der Waals surface area contributed by atoms with E-state index in [9.17, 15) is 9.18 Å². The van der Waals surface area contributed by atoms with Gasteiger partial charge in [0, 0.05) is 17.2 Å². The molecular weight excluding hydrogens is 267 g/mol. The van der Waals surface area contributed by atoms with E-state index in [1.54, 1.807) is 24.4 Å². The normalized spacial score (nSPS) is 11.8. The molecule has 2 aromatic rings. The molecule has 0 amide bonds. The Morgan fingerprint density at radius 3 is 2.43 bits per heavy atom. The lowest BCUT2D eigenvalue weighted by Crippen LogP contribution is -2.14. The molecule has 0 aliphatic heterocycles. The average Bonchev–Trinajstić information content (AvgIpc) is 2.45. The summed E-state index contributed by atoms with van der Waals surface area (Å²) < 4.78 is 13.4. The maximum absolute atomic E-state index is 13.4. The number of aromatic nitrogens is 2. The number of allylic oxidation sites excluding steroid dienone is 1. The molecule has 1 heterocycles. The van der Waals surface area contributed by atoms with Crippen LogP contribution >= 0.6 is 0 Å². The third-order valence-electron chi connectivity index (χ3n) is 2.99. The van der Waals surface area contributed by atoms with E-state index in [1.165, 1.54) is 24.4 Å². The van der Waals surface area contributed by atoms with E-state index in [1.807, 2.05) is 20.8 Å². The summed E-state index contributed by atoms with van der Waals surface area (Å²) in [6, 6.07) is 6.27. The quantitative estimate of drug-likeness (QED) is 0.636. The molecule has 0 aliphatic rings. The molecule has 3 nitrogen and oxygen atoms in total. The first-order valence-corrected chi connectivity index (χ1v) is 6.67. The Bertz CT molecular complexity index is 670. The highest BCUT2D eigenvalue weighted by atomic mass is 19.1. The average molecular weight is 284 g/mol. The second kappa shape index (κ2) is 5.95. The van der Waals surface area contributed by atoms with Crippen LogP contribution in [0.4, 0.5) is 4.39 Å². The fourth-order valence-electron chi connectivity index (χ4n) is 1.70. The summed E-state index contributed by atoms with van der Waals surface area (Å²) in [5, 5.41) is 0. The highest BCUT2D eigenvalue weighted by Gasteiger charge is 2.16. The van der Waals surface area contributed by atoms with Crippen LogP contribution in [0.2, 0.25) is 0 Å². The molecule has 4 heteroatoms. The predicted octanol–water partition coefficient (Wildman–Crippen LogP) is 3.81. The van der Waals surface area contributed by atoms with E-state index in [4.69, 9.17) is 0 Å². The van der Waals surface area contributed by atoms with Crippen molar-refractivity contribution in [2.24, 2.45) is 0 Å². The zero-order valence-corrected chi connectivity index (χ0v) is 12.3. The number of rotatable bonds is 3. The van der Waals surface area contributed by atoms with Crippen LogP contribution in [-0.4, -0.2) is 15.8 Å². The van der Waals surface area contributed by atoms with Gasteiger partial charge in [0.05, 0.1) is 11.9 Å². The Morgan fingerprint density at radius 1 is 1.14 bits per heavy atom. The molecule has 0 atom stereocenters. The zero-order valence-electron chi connectivity index (χ0n) is 12.3. The number of carbonyl (C=O) groups is 1. The fourth-order valence-corrected chi connectivity index (χ4v) is 1.70. The molecule has 0 bridgehead atoms. The van der Waals surface area contributed by atoms with Crippen LogP contribution in [0.5, 0.6) is 0 Å². The molecule has 0 radical (unpaired) electrons. The molecule has 108 valence electrons. The SMILES string of the molecule is CC(C)(C)c1cnc(C(=O)/C=C/c2ccccc2F)cn1. The molecule has 0 unspecified atom stereocenters. The van der Waals surface area contributed by atoms with E-state index in [0.717, 1.165) is 5.69 Å². The van der Waals surface area contributed by atoms with Crippen molar-refractivity contribution in [3.05, 3.63) is 65.5 Å². The first-order valence-electron chi connectivity index (χ1n) is 6.67. The number of nitrogens with zero attached hydrogens (tertiary/aromatic N) is 2. The van der Waals surface area contributed by atoms with E-state index < -0.39 is 0 Å². The van der Waals surface area contributed by atoms with Gasteiger partial charge in [0.15, 0.2) is 0 Å². The minimum atomic E-state index is -0.365. The summed E-state index contributed by atoms with van der Waals surface area (Å²) in [6.07, 6.45) is 5.80. The van der Waals surface area contributed by atoms with Crippen LogP contribution in [0.15, 0.2) is 42.7 Å². The van der Waals surface area contributed by atoms with Crippen LogP contribution in [0.1, 0.15) is 42.5 Å². The van der Waals surface area contributed by atoms with Gasteiger partial charge in [0.1, 0.15) is 11.5 Å². The summed E-state index contributed by atoms with van der Waals surface area (Å²) in [7, 11) is 0. The van der Waals surface area contributed by atoms with Crippen LogP contribution in [0.25, 0.3) is 6.08 Å². The van der Waals surface area contributed by atoms with Crippen molar-refractivity contribution >= 4 is 11.9 Å². The predicted molar refractivity (Wildman–Crippen MR) is 80.5 cm³/mol. The number of benzene rings is 1. The third-order valence-corrected chi connectivity index (χ3v) is 2.99. The van der Waals surface area contributed by atoms with Gasteiger partial charge in [-0.05, 0) is 18.2 Å². The van der Waals surface area contributed by atoms with E-state index >= 15 is 0 Å². The van der Waals surface area contributed by atoms with Crippen molar-refractivity contribution < 1.29 is 9.18 Å². The van der Waals surface area contributed by atoms with E-state index in [0.29, 0.717) is 5.56 Å². The summed E-state index contributed by atoms with van der Waals surface area (Å²) in [4.78, 5) is 20.4. The van der Waals surface area contributed by atoms with Crippen LogP contribution in [0.3, 0.4) is 0 Å². The Labute approximate surface area is 123 Å². The van der Waals surface area contributed by atoms with Crippen molar-refractivity contribution in [2.75, 3.05) is 0 Å². The smallest absolute Gasteiger partial charge is 0.205 e. The largest absolute Gasteiger partial charge is 0.287 e. The first-order chi connectivity index (χ1) is 9.88. The molecule has 0 saturated heterocycles. The zero-order chi connectivity index (χ0) is 15.5. The summed E-state index contributed by atoms with van der Waals surface area (Å²) in [5.41, 5.74) is 1.32. The first kappa shape index (κ1) is 15.0. The molecule has 0 N–H and O–H groups in total. The lowest BCUT2D eigenvalue weighted by Gasteiger charge is -2.16. The molecule has 0 saturated carbocycles. The molecular formula is C17H17FN2O. The van der Waals surface area contributed by atoms with Gasteiger partial charge in [-0.2, -0.15) is 0 Å². The van der Waals surface area contributed by atoms with E-state index in [-0.39, 0.29) is 22.7 Å². The van der Waals surface area contributed by atoms with Gasteiger partial charge < -0.3 is 0 Å². The Hall–Kier alpha value is -2.36. The number of halogens is 1. The minimum absolute atomic E-state index is 0.114. The highest BCUT2D eigenvalue weighted by molar-refractivity contribution is 6.05. The van der Waals surface area contributed by atoms with Gasteiger partial charge in [-0.1, -0.05) is 39.0 Å². The van der Waals surface area contributed by atoms with Crippen molar-refractivity contribution in [3.63, 3.8) is 0 Å². The number of carbonyl (C=O) groups excluding carboxylic acids is 1. The third kappa shape index (κ3) is 3.81. The number of hydrogen-bond donors (Lipinski definition) is 0. The van der Waals surface area contributed by atoms with Crippen LogP contribution in [-0.2, 0) is 5.41 Å². The van der Waals surface area contributed by atoms with Crippen LogP contribution in [0, 0.1) is 5.82 Å². The van der Waals surface area contributed by atoms with Gasteiger partial charge in [0.2, 0.25) is 5.78 Å². The number of hydrogen-bond acceptors (Lipinski definition) is 3. The maximum Gasteiger partial charge on any atom is 0.205 e. The molecule has 2 rings (SSSR count). The molecule has 21 heavy (non-hydrogen) atoms. The Balaban J connectivity index is 2.16. The molecule has 1 aromatic carbocycles. The summed E-state index contributed by atoms with van der Waals surface area (Å²) >= 11 is 0. The molecule has 0 aliphatic carbocycles. The summed E-state index contributed by atoms with van der Waals surface area (Å²) in [5.74, 6) is -0.665. The van der Waals surface area contributed by atoms with Gasteiger partial charge in [-0.15, -0.1) is 0 Å². The van der Waals surface area contributed by atoms with Crippen LogP contribution < -0.4 is 0 Å². The lowest BCUT2D eigenvalue weighted by atomic mass is 9.93. The topological polar surface area (TPSA) is 42.9 Å². The van der Waals surface area contributed by atoms with Gasteiger partial charge >= 0.3 is 0 Å². The van der Waals surface area contributed by atoms with Crippen molar-refractivity contribution in [1.29, 1.82) is 0 Å². The Morgan fingerprint density at radius 2 is 1.86 bits per heavy atom. The van der Waals surface area contributed by atoms with Gasteiger partial charge in [-0.25, -0.2) is 9.37 Å². The Kier molecular flexibility index (Phi) is 4.26. The second-order valence-corrected chi connectivity index (χ2v) is 5.76. The molecule has 1 aromatic heterocycles. The van der Waals surface area contributed by atoms with Crippen molar-refractivity contribution in [1.82, 2.24) is 9.97 Å². The number of ketones is 1. The standard InChI is InChI=1S/C17H17FN2O/c1-17(2,3)16-11-19-14(10-20-16)15(21)9-8-12-6-4-5-7-13(12)18/h4-11H,1-3H3/b9-8+. The van der Waals surface area contributed by atoms with E-state index in [2.05, 4.69) is 9.97 Å². The van der Waals surface area contributed by atoms with Gasteiger partial charge in [-0.3, -0.25) is 9.78 Å².